The Morgan fingerprint density at radius 2 is 1.35 bits per heavy atom. The fraction of sp³-hybridized carbons (Fsp3) is 0.214. The first-order chi connectivity index (χ1) is 14.8. The van der Waals surface area contributed by atoms with Gasteiger partial charge in [0.1, 0.15) is 0 Å². The minimum Gasteiger partial charge on any atom is -0.427 e. The molecule has 5 rings (SSSR count). The fourth-order valence-electron chi connectivity index (χ4n) is 4.26. The molecule has 3 heteroatoms. The Morgan fingerprint density at radius 3 is 2.10 bits per heavy atom. The average Bonchev–Trinajstić information content (AvgIpc) is 3.10. The van der Waals surface area contributed by atoms with Gasteiger partial charge in [0.2, 0.25) is 0 Å². The van der Waals surface area contributed by atoms with Crippen molar-refractivity contribution >= 4 is 23.7 Å². The summed E-state index contributed by atoms with van der Waals surface area (Å²) in [5.74, 6) is 0. The summed E-state index contributed by atoms with van der Waals surface area (Å²) < 4.78 is 6.15. The highest BCUT2D eigenvalue weighted by atomic mass is 16.5. The summed E-state index contributed by atoms with van der Waals surface area (Å²) in [7, 11) is 1.81. The molecule has 0 spiro atoms. The molecule has 0 aromatic heterocycles. The number of rotatable bonds is 5. The van der Waals surface area contributed by atoms with E-state index in [1.54, 1.807) is 13.8 Å². The van der Waals surface area contributed by atoms with Crippen molar-refractivity contribution in [2.24, 2.45) is 0 Å². The molecule has 2 nitrogen and oxygen atoms in total. The highest BCUT2D eigenvalue weighted by Crippen LogP contribution is 2.50. The molecule has 0 aliphatic heterocycles. The zero-order valence-corrected chi connectivity index (χ0v) is 18.4. The lowest BCUT2D eigenvalue weighted by Gasteiger charge is -2.37. The summed E-state index contributed by atoms with van der Waals surface area (Å²) in [4.78, 5) is 0. The van der Waals surface area contributed by atoms with Crippen molar-refractivity contribution in [3.05, 3.63) is 78.9 Å². The van der Waals surface area contributed by atoms with E-state index in [2.05, 4.69) is 78.9 Å². The van der Waals surface area contributed by atoms with E-state index < -0.39 is 11.2 Å². The van der Waals surface area contributed by atoms with E-state index in [0.29, 0.717) is 0 Å². The SMILES string of the molecule is CC(C)(O)C(C)(C)O[B]c1ccc2cccc3c2c1-c1cccc(-c2ccccc2)c1-3. The number of hydrogen-bond acceptors (Lipinski definition) is 2. The van der Waals surface area contributed by atoms with Crippen LogP contribution in [0.1, 0.15) is 27.7 Å². The summed E-state index contributed by atoms with van der Waals surface area (Å²) in [5.41, 5.74) is 6.76. The lowest BCUT2D eigenvalue weighted by Crippen LogP contribution is -2.49. The van der Waals surface area contributed by atoms with Gasteiger partial charge in [-0.3, -0.25) is 0 Å². The van der Waals surface area contributed by atoms with Crippen LogP contribution in [0.2, 0.25) is 0 Å². The first kappa shape index (κ1) is 20.1. The van der Waals surface area contributed by atoms with Gasteiger partial charge in [0.05, 0.1) is 11.2 Å². The molecule has 0 unspecified atom stereocenters. The van der Waals surface area contributed by atoms with Gasteiger partial charge in [-0.25, -0.2) is 0 Å². The second-order valence-electron chi connectivity index (χ2n) is 9.33. The quantitative estimate of drug-likeness (QED) is 0.366. The van der Waals surface area contributed by atoms with Crippen molar-refractivity contribution in [3.8, 4) is 33.4 Å². The van der Waals surface area contributed by atoms with Gasteiger partial charge in [0, 0.05) is 0 Å². The van der Waals surface area contributed by atoms with Crippen molar-refractivity contribution in [1.82, 2.24) is 0 Å². The maximum absolute atomic E-state index is 10.5. The third-order valence-corrected chi connectivity index (χ3v) is 6.72. The molecule has 0 saturated carbocycles. The molecule has 0 atom stereocenters. The second kappa shape index (κ2) is 7.08. The predicted molar refractivity (Wildman–Crippen MR) is 131 cm³/mol. The van der Waals surface area contributed by atoms with E-state index in [1.807, 2.05) is 21.3 Å². The Bertz CT molecular complexity index is 1280. The van der Waals surface area contributed by atoms with Crippen LogP contribution in [0.25, 0.3) is 44.2 Å². The zero-order chi connectivity index (χ0) is 21.8. The molecule has 0 saturated heterocycles. The lowest BCUT2D eigenvalue weighted by molar-refractivity contribution is -0.0893. The van der Waals surface area contributed by atoms with Gasteiger partial charge in [0.25, 0.3) is 0 Å². The van der Waals surface area contributed by atoms with Gasteiger partial charge in [-0.15, -0.1) is 0 Å². The summed E-state index contributed by atoms with van der Waals surface area (Å²) in [6, 6.07) is 27.9. The van der Waals surface area contributed by atoms with Crippen LogP contribution in [0.4, 0.5) is 0 Å². The van der Waals surface area contributed by atoms with Crippen LogP contribution in [0, 0.1) is 0 Å². The number of benzene rings is 4. The number of hydrogen-bond donors (Lipinski definition) is 1. The van der Waals surface area contributed by atoms with Gasteiger partial charge >= 0.3 is 7.48 Å². The molecule has 153 valence electrons. The Hall–Kier alpha value is -2.88. The molecule has 1 aliphatic carbocycles. The Kier molecular flexibility index (Phi) is 4.58. The lowest BCUT2D eigenvalue weighted by atomic mass is 9.78. The summed E-state index contributed by atoms with van der Waals surface area (Å²) in [6.07, 6.45) is 0. The van der Waals surface area contributed by atoms with E-state index >= 15 is 0 Å². The van der Waals surface area contributed by atoms with E-state index in [-0.39, 0.29) is 0 Å². The molecule has 1 N–H and O–H groups in total. The maximum atomic E-state index is 10.5. The Balaban J connectivity index is 1.69. The summed E-state index contributed by atoms with van der Waals surface area (Å²) in [5, 5.41) is 13.0. The molecule has 1 aliphatic rings. The highest BCUT2D eigenvalue weighted by molar-refractivity contribution is 6.51. The van der Waals surface area contributed by atoms with Gasteiger partial charge in [-0.1, -0.05) is 78.9 Å². The topological polar surface area (TPSA) is 29.5 Å². The van der Waals surface area contributed by atoms with Crippen molar-refractivity contribution < 1.29 is 9.76 Å². The Labute approximate surface area is 184 Å². The zero-order valence-electron chi connectivity index (χ0n) is 18.4. The predicted octanol–water partition coefficient (Wildman–Crippen LogP) is 5.96. The van der Waals surface area contributed by atoms with Gasteiger partial charge in [-0.05, 0) is 77.3 Å². The molecule has 0 heterocycles. The highest BCUT2D eigenvalue weighted by Gasteiger charge is 2.36. The maximum Gasteiger partial charge on any atom is 0.331 e. The van der Waals surface area contributed by atoms with Crippen LogP contribution in [-0.4, -0.2) is 23.8 Å². The van der Waals surface area contributed by atoms with Crippen molar-refractivity contribution in [1.29, 1.82) is 0 Å². The van der Waals surface area contributed by atoms with Crippen molar-refractivity contribution in [2.75, 3.05) is 0 Å². The van der Waals surface area contributed by atoms with Crippen LogP contribution in [-0.2, 0) is 4.65 Å². The largest absolute Gasteiger partial charge is 0.427 e. The van der Waals surface area contributed by atoms with E-state index in [4.69, 9.17) is 4.65 Å². The molecule has 0 fully saturated rings. The molecule has 4 aromatic rings. The van der Waals surface area contributed by atoms with Crippen LogP contribution in [0.5, 0.6) is 0 Å². The van der Waals surface area contributed by atoms with E-state index in [1.165, 1.54) is 44.2 Å². The fourth-order valence-corrected chi connectivity index (χ4v) is 4.26. The molecule has 0 bridgehead atoms. The molecule has 31 heavy (non-hydrogen) atoms. The van der Waals surface area contributed by atoms with Crippen LogP contribution in [0.15, 0.2) is 78.9 Å². The standard InChI is InChI=1S/C28H26BO2/c1-27(2,30)28(3,4)31-29-23-17-16-19-12-8-14-21-24(19)26(23)22-15-9-13-20(25(21)22)18-10-6-5-7-11-18/h5-17,30H,1-4H3. The molecule has 0 amide bonds. The molecular weight excluding hydrogens is 379 g/mol. The van der Waals surface area contributed by atoms with Crippen LogP contribution < -0.4 is 5.46 Å². The van der Waals surface area contributed by atoms with E-state index in [0.717, 1.165) is 5.46 Å². The van der Waals surface area contributed by atoms with Gasteiger partial charge in [-0.2, -0.15) is 0 Å². The first-order valence-corrected chi connectivity index (χ1v) is 10.8. The van der Waals surface area contributed by atoms with Crippen LogP contribution >= 0.6 is 0 Å². The summed E-state index contributed by atoms with van der Waals surface area (Å²) in [6.45, 7) is 7.38. The van der Waals surface area contributed by atoms with Gasteiger partial charge < -0.3 is 9.76 Å². The van der Waals surface area contributed by atoms with Crippen molar-refractivity contribution in [3.63, 3.8) is 0 Å². The van der Waals surface area contributed by atoms with Crippen LogP contribution in [0.3, 0.4) is 0 Å². The third-order valence-electron chi connectivity index (χ3n) is 6.72. The monoisotopic (exact) mass is 405 g/mol. The minimum absolute atomic E-state index is 0.721. The second-order valence-corrected chi connectivity index (χ2v) is 9.33. The van der Waals surface area contributed by atoms with Gasteiger partial charge in [0.15, 0.2) is 0 Å². The normalized spacial score (nSPS) is 12.8. The number of aliphatic hydroxyl groups is 1. The minimum atomic E-state index is -0.968. The molecule has 4 aromatic carbocycles. The first-order valence-electron chi connectivity index (χ1n) is 10.8. The summed E-state index contributed by atoms with van der Waals surface area (Å²) >= 11 is 0. The molecular formula is C28H26BO2. The number of fused-ring (bicyclic) bond motifs is 3. The average molecular weight is 405 g/mol. The Morgan fingerprint density at radius 1 is 0.677 bits per heavy atom. The third kappa shape index (κ3) is 3.20. The smallest absolute Gasteiger partial charge is 0.331 e. The van der Waals surface area contributed by atoms with Crippen molar-refractivity contribution in [2.45, 2.75) is 38.9 Å². The molecule has 1 radical (unpaired) electrons. The van der Waals surface area contributed by atoms with E-state index in [9.17, 15) is 5.11 Å².